The van der Waals surface area contributed by atoms with Crippen molar-refractivity contribution in [2.45, 2.75) is 131 Å². The predicted octanol–water partition coefficient (Wildman–Crippen LogP) is 18.6. The summed E-state index contributed by atoms with van der Waals surface area (Å²) in [6.45, 7) is 2.00. The number of halogens is 14. The first-order valence-electron chi connectivity index (χ1n) is 23.1. The molecule has 2 saturated carbocycles. The Morgan fingerprint density at radius 1 is 0.456 bits per heavy atom. The van der Waals surface area contributed by atoms with Gasteiger partial charge in [0.15, 0.2) is 0 Å². The number of hydrogen-bond donors (Lipinski definition) is 0. The fourth-order valence-corrected chi connectivity index (χ4v) is 32.0. The molecule has 0 amide bonds. The molecule has 4 aromatic rings. The molecule has 0 heterocycles. The second-order valence-corrected chi connectivity index (χ2v) is 51.0. The molecule has 0 nitrogen and oxygen atoms in total. The van der Waals surface area contributed by atoms with E-state index in [9.17, 15) is 52.7 Å². The van der Waals surface area contributed by atoms with Gasteiger partial charge in [-0.2, -0.15) is 0 Å². The number of fused-ring (bicyclic) bond motifs is 2. The van der Waals surface area contributed by atoms with Crippen LogP contribution in [-0.2, 0) is 42.1 Å². The van der Waals surface area contributed by atoms with Crippen molar-refractivity contribution >= 4 is 43.8 Å². The van der Waals surface area contributed by atoms with Gasteiger partial charge in [-0.1, -0.05) is 0 Å². The zero-order valence-corrected chi connectivity index (χ0v) is 43.4. The SMILES string of the molecule is Cl.Cl.[CH3][Zr]([CH3])(=[SiH2])([CH]1C(CC2CCCCCC2)=Cc2c(-c3cc(C(F)(F)F)cc(C(F)(F)F)c3)cccc21)[CH]1C(CC2CCCCCC2)=Cc2c(-c3cc(C(F)(F)F)cc(C(F)(F)F)c3)cccc21. The van der Waals surface area contributed by atoms with Crippen LogP contribution in [0.3, 0.4) is 0 Å². The van der Waals surface area contributed by atoms with Crippen LogP contribution in [0.1, 0.15) is 142 Å². The van der Waals surface area contributed by atoms with Gasteiger partial charge in [-0.3, -0.25) is 0 Å². The zero-order chi connectivity index (χ0) is 47.6. The van der Waals surface area contributed by atoms with Crippen molar-refractivity contribution in [2.24, 2.45) is 11.8 Å². The Labute approximate surface area is 405 Å². The molecule has 0 bridgehead atoms. The van der Waals surface area contributed by atoms with E-state index in [1.165, 1.54) is 0 Å². The van der Waals surface area contributed by atoms with Gasteiger partial charge in [0.1, 0.15) is 0 Å². The van der Waals surface area contributed by atoms with Crippen molar-refractivity contribution in [2.75, 3.05) is 0 Å². The van der Waals surface area contributed by atoms with Gasteiger partial charge in [-0.15, -0.1) is 24.8 Å². The third kappa shape index (κ3) is 11.3. The van der Waals surface area contributed by atoms with E-state index < -0.39 is 64.4 Å². The Kier molecular flexibility index (Phi) is 16.0. The topological polar surface area (TPSA) is 0 Å². The van der Waals surface area contributed by atoms with E-state index in [1.54, 1.807) is 24.3 Å². The van der Waals surface area contributed by atoms with Crippen molar-refractivity contribution in [1.82, 2.24) is 0 Å². The fraction of sp³-hybridized carbons (Fsp3) is 0.462. The van der Waals surface area contributed by atoms with Crippen LogP contribution in [0.2, 0.25) is 9.26 Å². The Morgan fingerprint density at radius 2 is 0.750 bits per heavy atom. The third-order valence-electron chi connectivity index (χ3n) is 15.0. The summed E-state index contributed by atoms with van der Waals surface area (Å²) in [5, 5.41) is 0. The van der Waals surface area contributed by atoms with Crippen LogP contribution in [0.15, 0.2) is 83.9 Å². The van der Waals surface area contributed by atoms with Gasteiger partial charge in [0, 0.05) is 0 Å². The summed E-state index contributed by atoms with van der Waals surface area (Å²) in [5.74, 6) is 0.621. The number of benzene rings is 4. The van der Waals surface area contributed by atoms with Crippen molar-refractivity contribution in [1.29, 1.82) is 0 Å². The molecule has 8 rings (SSSR count). The third-order valence-corrected chi connectivity index (χ3v) is 32.5. The van der Waals surface area contributed by atoms with Crippen LogP contribution in [0.4, 0.5) is 52.7 Å². The molecule has 0 spiro atoms. The summed E-state index contributed by atoms with van der Waals surface area (Å²) in [4.78, 5) is 0. The molecule has 4 aromatic carbocycles. The summed E-state index contributed by atoms with van der Waals surface area (Å²) in [5.41, 5.74) is -0.345. The van der Waals surface area contributed by atoms with Crippen molar-refractivity contribution in [3.05, 3.63) is 128 Å². The number of allylic oxidation sites excluding steroid dienone is 2. The molecule has 16 heteroatoms. The molecule has 2 fully saturated rings. The summed E-state index contributed by atoms with van der Waals surface area (Å²) in [6, 6.07) is 13.9. The molecule has 0 aromatic heterocycles. The summed E-state index contributed by atoms with van der Waals surface area (Å²) in [7, 11) is 0. The fourth-order valence-electron chi connectivity index (χ4n) is 12.2. The molecule has 4 aliphatic rings. The quantitative estimate of drug-likeness (QED) is 0.0937. The molecular formula is C52H56Cl2F12SiZr. The first-order chi connectivity index (χ1) is 30.8. The number of rotatable bonds is 8. The van der Waals surface area contributed by atoms with Gasteiger partial charge in [0.05, 0.1) is 0 Å². The van der Waals surface area contributed by atoms with Crippen LogP contribution < -0.4 is 0 Å². The molecule has 2 atom stereocenters. The minimum absolute atomic E-state index is 0. The molecule has 0 saturated heterocycles. The van der Waals surface area contributed by atoms with Crippen molar-refractivity contribution in [3.63, 3.8) is 0 Å². The van der Waals surface area contributed by atoms with E-state index in [0.29, 0.717) is 35.8 Å². The average Bonchev–Trinajstić information content (AvgIpc) is 3.54. The maximum atomic E-state index is 14.3. The van der Waals surface area contributed by atoms with E-state index in [0.717, 1.165) is 124 Å². The van der Waals surface area contributed by atoms with Gasteiger partial charge in [0.25, 0.3) is 0 Å². The first-order valence-corrected chi connectivity index (χ1v) is 36.8. The zero-order valence-electron chi connectivity index (χ0n) is 37.9. The molecule has 370 valence electrons. The second kappa shape index (κ2) is 20.0. The monoisotopic (exact) mass is 1100 g/mol. The number of alkyl halides is 12. The van der Waals surface area contributed by atoms with Crippen molar-refractivity contribution < 1.29 is 70.1 Å². The Bertz CT molecular complexity index is 2380. The van der Waals surface area contributed by atoms with E-state index in [1.807, 2.05) is 31.2 Å². The summed E-state index contributed by atoms with van der Waals surface area (Å²) >= 11 is -4.74. The molecule has 2 unspecified atom stereocenters. The molecular weight excluding hydrogens is 1040 g/mol. The van der Waals surface area contributed by atoms with Crippen LogP contribution >= 0.6 is 24.8 Å². The van der Waals surface area contributed by atoms with E-state index in [-0.39, 0.29) is 66.5 Å². The maximum absolute atomic E-state index is 14.3. The molecule has 0 aliphatic heterocycles. The van der Waals surface area contributed by atoms with Gasteiger partial charge in [0.2, 0.25) is 0 Å². The second-order valence-electron chi connectivity index (χ2n) is 20.6. The van der Waals surface area contributed by atoms with Crippen LogP contribution in [0.5, 0.6) is 0 Å². The van der Waals surface area contributed by atoms with Crippen molar-refractivity contribution in [3.8, 4) is 22.3 Å². The Hall–Kier alpha value is -2.80. The number of hydrogen-bond acceptors (Lipinski definition) is 0. The van der Waals surface area contributed by atoms with Crippen LogP contribution in [0, 0.1) is 11.8 Å². The van der Waals surface area contributed by atoms with Gasteiger partial charge in [-0.05, 0) is 0 Å². The van der Waals surface area contributed by atoms with Crippen LogP contribution in [0.25, 0.3) is 34.4 Å². The summed E-state index contributed by atoms with van der Waals surface area (Å²) < 4.78 is 176. The molecule has 68 heavy (non-hydrogen) atoms. The molecule has 0 N–H and O–H groups in total. The Morgan fingerprint density at radius 3 is 1.03 bits per heavy atom. The first kappa shape index (κ1) is 54.5. The summed E-state index contributed by atoms with van der Waals surface area (Å²) in [6.07, 6.45) is -2.14. The van der Waals surface area contributed by atoms with E-state index in [2.05, 4.69) is 9.26 Å². The molecule has 4 aliphatic carbocycles. The van der Waals surface area contributed by atoms with Crippen LogP contribution in [-0.4, -0.2) is 6.88 Å². The van der Waals surface area contributed by atoms with E-state index >= 15 is 0 Å². The predicted molar refractivity (Wildman–Crippen MR) is 252 cm³/mol. The van der Waals surface area contributed by atoms with Gasteiger partial charge >= 0.3 is 383 Å². The Balaban J connectivity index is 0.00000381. The average molecular weight is 1100 g/mol. The normalized spacial score (nSPS) is 20.0. The van der Waals surface area contributed by atoms with Gasteiger partial charge < -0.3 is 0 Å². The van der Waals surface area contributed by atoms with Gasteiger partial charge in [-0.25, -0.2) is 0 Å². The van der Waals surface area contributed by atoms with E-state index in [4.69, 9.17) is 0 Å². The molecule has 0 radical (unpaired) electrons. The standard InChI is InChI=1S/2C25H23F6.2CH3.2ClH.H2Si.Zr/c2*26-24(27,28)20-13-19(14-21(15-20)25(29,30)31)22-9-5-8-18-11-17(12-23(18)22)10-16-6-3-1-2-4-7-16;;;;;;/h2*5,8-9,11-16H,1-4,6-7,10H2;2*1H3;2*1H;1H2;. The minimum atomic E-state index is -5.04.